The van der Waals surface area contributed by atoms with E-state index in [4.69, 9.17) is 11.6 Å². The minimum Gasteiger partial charge on any atom is -0.211 e. The number of carbonyl (C=O) groups excluding carboxylic acids is 1. The van der Waals surface area contributed by atoms with Gasteiger partial charge in [-0.15, -0.1) is 0 Å². The summed E-state index contributed by atoms with van der Waals surface area (Å²) in [7, 11) is 0. The SMILES string of the molecule is CC[C@H](N=C=O)c1cccc(Cl)c1. The van der Waals surface area contributed by atoms with Crippen molar-refractivity contribution in [2.45, 2.75) is 19.4 Å². The van der Waals surface area contributed by atoms with Crippen LogP contribution in [0.3, 0.4) is 0 Å². The van der Waals surface area contributed by atoms with E-state index in [1.165, 1.54) is 0 Å². The molecule has 0 unspecified atom stereocenters. The average Bonchev–Trinajstić information content (AvgIpc) is 2.14. The molecule has 3 heteroatoms. The Balaban J connectivity index is 2.97. The number of hydrogen-bond donors (Lipinski definition) is 0. The Labute approximate surface area is 82.3 Å². The average molecular weight is 196 g/mol. The molecular formula is C10H10ClNO. The summed E-state index contributed by atoms with van der Waals surface area (Å²) in [5.74, 6) is 0. The predicted molar refractivity (Wildman–Crippen MR) is 52.6 cm³/mol. The van der Waals surface area contributed by atoms with Crippen LogP contribution in [0.15, 0.2) is 29.3 Å². The van der Waals surface area contributed by atoms with Gasteiger partial charge in [0.2, 0.25) is 6.08 Å². The second-order valence-electron chi connectivity index (χ2n) is 2.70. The Morgan fingerprint density at radius 3 is 2.92 bits per heavy atom. The van der Waals surface area contributed by atoms with Gasteiger partial charge in [-0.3, -0.25) is 0 Å². The molecule has 0 aliphatic carbocycles. The summed E-state index contributed by atoms with van der Waals surface area (Å²) in [6.07, 6.45) is 2.34. The summed E-state index contributed by atoms with van der Waals surface area (Å²) in [6.45, 7) is 1.96. The Hall–Kier alpha value is -1.11. The van der Waals surface area contributed by atoms with Gasteiger partial charge >= 0.3 is 0 Å². The van der Waals surface area contributed by atoms with Crippen molar-refractivity contribution < 1.29 is 4.79 Å². The molecule has 0 saturated carbocycles. The van der Waals surface area contributed by atoms with Crippen molar-refractivity contribution in [3.63, 3.8) is 0 Å². The van der Waals surface area contributed by atoms with Gasteiger partial charge in [-0.05, 0) is 24.1 Å². The third kappa shape index (κ3) is 2.69. The minimum absolute atomic E-state index is 0.115. The summed E-state index contributed by atoms with van der Waals surface area (Å²) < 4.78 is 0. The fourth-order valence-corrected chi connectivity index (χ4v) is 1.38. The van der Waals surface area contributed by atoms with E-state index in [-0.39, 0.29) is 6.04 Å². The maximum absolute atomic E-state index is 10.1. The summed E-state index contributed by atoms with van der Waals surface area (Å²) >= 11 is 5.81. The van der Waals surface area contributed by atoms with Gasteiger partial charge in [-0.25, -0.2) is 4.79 Å². The maximum Gasteiger partial charge on any atom is 0.235 e. The van der Waals surface area contributed by atoms with Crippen LogP contribution >= 0.6 is 11.6 Å². The zero-order valence-corrected chi connectivity index (χ0v) is 8.08. The standard InChI is InChI=1S/C10H10ClNO/c1-2-10(12-7-13)8-4-3-5-9(11)6-8/h3-6,10H,2H2,1H3/t10-/m0/s1. The van der Waals surface area contributed by atoms with E-state index in [0.717, 1.165) is 12.0 Å². The largest absolute Gasteiger partial charge is 0.235 e. The normalized spacial score (nSPS) is 11.8. The van der Waals surface area contributed by atoms with Crippen molar-refractivity contribution in [2.75, 3.05) is 0 Å². The number of isocyanates is 1. The number of nitrogens with zero attached hydrogens (tertiary/aromatic N) is 1. The highest BCUT2D eigenvalue weighted by Gasteiger charge is 2.06. The van der Waals surface area contributed by atoms with Crippen LogP contribution in [0.1, 0.15) is 24.9 Å². The lowest BCUT2D eigenvalue weighted by Crippen LogP contribution is -1.92. The highest BCUT2D eigenvalue weighted by molar-refractivity contribution is 6.30. The first-order valence-electron chi connectivity index (χ1n) is 4.10. The molecular weight excluding hydrogens is 186 g/mol. The quantitative estimate of drug-likeness (QED) is 0.538. The molecule has 0 radical (unpaired) electrons. The lowest BCUT2D eigenvalue weighted by Gasteiger charge is -2.07. The van der Waals surface area contributed by atoms with E-state index >= 15 is 0 Å². The summed E-state index contributed by atoms with van der Waals surface area (Å²) in [4.78, 5) is 13.8. The molecule has 0 saturated heterocycles. The fourth-order valence-electron chi connectivity index (χ4n) is 1.18. The summed E-state index contributed by atoms with van der Waals surface area (Å²) in [5.41, 5.74) is 0.957. The van der Waals surface area contributed by atoms with Gasteiger partial charge in [-0.2, -0.15) is 4.99 Å². The van der Waals surface area contributed by atoms with Crippen LogP contribution in [0.5, 0.6) is 0 Å². The van der Waals surface area contributed by atoms with Gasteiger partial charge in [0, 0.05) is 5.02 Å². The van der Waals surface area contributed by atoms with Crippen molar-refractivity contribution in [3.8, 4) is 0 Å². The molecule has 68 valence electrons. The van der Waals surface area contributed by atoms with E-state index < -0.39 is 0 Å². The molecule has 2 nitrogen and oxygen atoms in total. The molecule has 0 aromatic heterocycles. The second-order valence-corrected chi connectivity index (χ2v) is 3.14. The van der Waals surface area contributed by atoms with Gasteiger partial charge in [0.1, 0.15) is 0 Å². The molecule has 0 heterocycles. The predicted octanol–water partition coefficient (Wildman–Crippen LogP) is 3.13. The van der Waals surface area contributed by atoms with E-state index in [0.29, 0.717) is 5.02 Å². The van der Waals surface area contributed by atoms with Crippen molar-refractivity contribution in [3.05, 3.63) is 34.9 Å². The van der Waals surface area contributed by atoms with Crippen molar-refractivity contribution in [1.82, 2.24) is 0 Å². The van der Waals surface area contributed by atoms with Crippen LogP contribution < -0.4 is 0 Å². The minimum atomic E-state index is -0.115. The first-order valence-corrected chi connectivity index (χ1v) is 4.48. The zero-order valence-electron chi connectivity index (χ0n) is 7.33. The summed E-state index contributed by atoms with van der Waals surface area (Å²) in [6, 6.07) is 7.25. The lowest BCUT2D eigenvalue weighted by molar-refractivity contribution is 0.556. The Morgan fingerprint density at radius 2 is 2.38 bits per heavy atom. The van der Waals surface area contributed by atoms with Crippen LogP contribution in [-0.2, 0) is 4.79 Å². The third-order valence-electron chi connectivity index (χ3n) is 1.83. The first kappa shape index (κ1) is 9.97. The lowest BCUT2D eigenvalue weighted by atomic mass is 10.1. The van der Waals surface area contributed by atoms with Gasteiger partial charge in [0.05, 0.1) is 6.04 Å². The van der Waals surface area contributed by atoms with Crippen molar-refractivity contribution in [1.29, 1.82) is 0 Å². The molecule has 0 N–H and O–H groups in total. The molecule has 13 heavy (non-hydrogen) atoms. The zero-order chi connectivity index (χ0) is 9.68. The number of benzene rings is 1. The molecule has 0 aliphatic rings. The van der Waals surface area contributed by atoms with E-state index in [1.807, 2.05) is 25.1 Å². The molecule has 0 bridgehead atoms. The van der Waals surface area contributed by atoms with Gasteiger partial charge < -0.3 is 0 Å². The molecule has 1 rings (SSSR count). The van der Waals surface area contributed by atoms with Gasteiger partial charge in [0.15, 0.2) is 0 Å². The van der Waals surface area contributed by atoms with Crippen molar-refractivity contribution >= 4 is 17.7 Å². The molecule has 1 aromatic carbocycles. The smallest absolute Gasteiger partial charge is 0.211 e. The van der Waals surface area contributed by atoms with Crippen molar-refractivity contribution in [2.24, 2.45) is 4.99 Å². The maximum atomic E-state index is 10.1. The molecule has 1 aromatic rings. The van der Waals surface area contributed by atoms with Gasteiger partial charge in [0.25, 0.3) is 0 Å². The van der Waals surface area contributed by atoms with E-state index in [2.05, 4.69) is 4.99 Å². The van der Waals surface area contributed by atoms with E-state index in [9.17, 15) is 4.79 Å². The van der Waals surface area contributed by atoms with E-state index in [1.54, 1.807) is 12.1 Å². The highest BCUT2D eigenvalue weighted by Crippen LogP contribution is 2.22. The number of rotatable bonds is 3. The fraction of sp³-hybridized carbons (Fsp3) is 0.300. The number of hydrogen-bond acceptors (Lipinski definition) is 2. The Kier molecular flexibility index (Phi) is 3.69. The Bertz CT molecular complexity index is 331. The third-order valence-corrected chi connectivity index (χ3v) is 2.06. The van der Waals surface area contributed by atoms with Crippen LogP contribution in [0, 0.1) is 0 Å². The van der Waals surface area contributed by atoms with Crippen LogP contribution in [-0.4, -0.2) is 6.08 Å². The van der Waals surface area contributed by atoms with Gasteiger partial charge in [-0.1, -0.05) is 30.7 Å². The summed E-state index contributed by atoms with van der Waals surface area (Å²) in [5, 5.41) is 0.664. The van der Waals surface area contributed by atoms with Crippen LogP contribution in [0.25, 0.3) is 0 Å². The monoisotopic (exact) mass is 195 g/mol. The van der Waals surface area contributed by atoms with Crippen LogP contribution in [0.4, 0.5) is 0 Å². The molecule has 0 aliphatic heterocycles. The molecule has 0 amide bonds. The molecule has 0 fully saturated rings. The Morgan fingerprint density at radius 1 is 1.62 bits per heavy atom. The molecule has 0 spiro atoms. The highest BCUT2D eigenvalue weighted by atomic mass is 35.5. The number of aliphatic imine (C=N–C) groups is 1. The molecule has 1 atom stereocenters. The topological polar surface area (TPSA) is 29.4 Å². The number of halogens is 1. The first-order chi connectivity index (χ1) is 6.27. The second kappa shape index (κ2) is 4.80. The van der Waals surface area contributed by atoms with Crippen LogP contribution in [0.2, 0.25) is 5.02 Å².